The number of rotatable bonds is 2. The first-order valence-electron chi connectivity index (χ1n) is 7.63. The smallest absolute Gasteiger partial charge is 0.264 e. The van der Waals surface area contributed by atoms with Crippen molar-refractivity contribution < 1.29 is 4.79 Å². The normalized spacial score (nSPS) is 26.1. The molecule has 4 heteroatoms. The maximum atomic E-state index is 12.7. The Balaban J connectivity index is 1.75. The summed E-state index contributed by atoms with van der Waals surface area (Å²) in [5, 5.41) is 0. The van der Waals surface area contributed by atoms with E-state index in [9.17, 15) is 4.79 Å². The molecule has 2 unspecified atom stereocenters. The minimum Gasteiger partial charge on any atom is -0.336 e. The minimum absolute atomic E-state index is 0.251. The highest BCUT2D eigenvalue weighted by Crippen LogP contribution is 2.31. The SMILES string of the molecule is CC1CN(C(=O)c2cc3c(s2)CCCC3)CC1N(C)C. The highest BCUT2D eigenvalue weighted by atomic mass is 32.1. The summed E-state index contributed by atoms with van der Waals surface area (Å²) < 4.78 is 0. The number of carbonyl (C=O) groups excluding carboxylic acids is 1. The van der Waals surface area contributed by atoms with Gasteiger partial charge in [0.1, 0.15) is 0 Å². The van der Waals surface area contributed by atoms with Gasteiger partial charge in [0.25, 0.3) is 5.91 Å². The van der Waals surface area contributed by atoms with Gasteiger partial charge in [-0.05, 0) is 57.3 Å². The molecule has 1 fully saturated rings. The van der Waals surface area contributed by atoms with Crippen molar-refractivity contribution in [2.45, 2.75) is 38.6 Å². The van der Waals surface area contributed by atoms with Gasteiger partial charge in [-0.2, -0.15) is 0 Å². The molecule has 1 amide bonds. The lowest BCUT2D eigenvalue weighted by molar-refractivity contribution is 0.0786. The van der Waals surface area contributed by atoms with E-state index in [-0.39, 0.29) is 5.91 Å². The molecule has 0 radical (unpaired) electrons. The Morgan fingerprint density at radius 1 is 1.30 bits per heavy atom. The van der Waals surface area contributed by atoms with E-state index < -0.39 is 0 Å². The lowest BCUT2D eigenvalue weighted by Crippen LogP contribution is -2.35. The highest BCUT2D eigenvalue weighted by molar-refractivity contribution is 7.14. The van der Waals surface area contributed by atoms with Crippen LogP contribution in [0.1, 0.15) is 39.9 Å². The molecule has 1 aromatic rings. The molecule has 1 aliphatic carbocycles. The number of hydrogen-bond donors (Lipinski definition) is 0. The molecule has 1 aromatic heterocycles. The molecule has 0 spiro atoms. The Kier molecular flexibility index (Phi) is 3.87. The molecular formula is C16H24N2OS. The number of hydrogen-bond acceptors (Lipinski definition) is 3. The highest BCUT2D eigenvalue weighted by Gasteiger charge is 2.34. The average Bonchev–Trinajstić information content (AvgIpc) is 3.01. The van der Waals surface area contributed by atoms with Gasteiger partial charge < -0.3 is 9.80 Å². The van der Waals surface area contributed by atoms with Crippen LogP contribution in [0.15, 0.2) is 6.07 Å². The van der Waals surface area contributed by atoms with Gasteiger partial charge in [-0.1, -0.05) is 6.92 Å². The van der Waals surface area contributed by atoms with Crippen molar-refractivity contribution in [2.75, 3.05) is 27.2 Å². The molecule has 110 valence electrons. The molecule has 3 nitrogen and oxygen atoms in total. The van der Waals surface area contributed by atoms with Gasteiger partial charge in [-0.15, -0.1) is 11.3 Å². The third-order valence-corrected chi connectivity index (χ3v) is 5.96. The van der Waals surface area contributed by atoms with Crippen LogP contribution in [0.4, 0.5) is 0 Å². The van der Waals surface area contributed by atoms with E-state index in [4.69, 9.17) is 0 Å². The molecular weight excluding hydrogens is 268 g/mol. The molecule has 20 heavy (non-hydrogen) atoms. The second-order valence-electron chi connectivity index (χ2n) is 6.48. The predicted octanol–water partition coefficient (Wildman–Crippen LogP) is 2.65. The maximum absolute atomic E-state index is 12.7. The van der Waals surface area contributed by atoms with Crippen LogP contribution in [0, 0.1) is 5.92 Å². The van der Waals surface area contributed by atoms with Gasteiger partial charge in [-0.25, -0.2) is 0 Å². The van der Waals surface area contributed by atoms with Crippen LogP contribution in [0.5, 0.6) is 0 Å². The first-order chi connectivity index (χ1) is 9.56. The topological polar surface area (TPSA) is 23.6 Å². The van der Waals surface area contributed by atoms with Gasteiger partial charge >= 0.3 is 0 Å². The number of carbonyl (C=O) groups is 1. The first kappa shape index (κ1) is 14.1. The first-order valence-corrected chi connectivity index (χ1v) is 8.45. The van der Waals surface area contributed by atoms with Crippen LogP contribution >= 0.6 is 11.3 Å². The Labute approximate surface area is 125 Å². The van der Waals surface area contributed by atoms with Crippen LogP contribution in [-0.4, -0.2) is 48.9 Å². The van der Waals surface area contributed by atoms with Crippen molar-refractivity contribution >= 4 is 17.2 Å². The summed E-state index contributed by atoms with van der Waals surface area (Å²) in [7, 11) is 4.22. The zero-order valence-electron chi connectivity index (χ0n) is 12.7. The number of thiophene rings is 1. The Morgan fingerprint density at radius 2 is 2.05 bits per heavy atom. The Morgan fingerprint density at radius 3 is 2.70 bits per heavy atom. The molecule has 0 bridgehead atoms. The third kappa shape index (κ3) is 2.51. The standard InChI is InChI=1S/C16H24N2OS/c1-11-9-18(10-13(11)17(2)3)16(19)15-8-12-6-4-5-7-14(12)20-15/h8,11,13H,4-7,9-10H2,1-3H3. The van der Waals surface area contributed by atoms with E-state index in [0.29, 0.717) is 12.0 Å². The number of aryl methyl sites for hydroxylation is 2. The van der Waals surface area contributed by atoms with Gasteiger partial charge in [0.05, 0.1) is 4.88 Å². The van der Waals surface area contributed by atoms with Gasteiger partial charge in [0.15, 0.2) is 0 Å². The molecule has 0 aromatic carbocycles. The zero-order chi connectivity index (χ0) is 14.3. The summed E-state index contributed by atoms with van der Waals surface area (Å²) in [5.41, 5.74) is 1.43. The molecule has 3 rings (SSSR count). The van der Waals surface area contributed by atoms with E-state index in [1.807, 2.05) is 4.90 Å². The monoisotopic (exact) mass is 292 g/mol. The fourth-order valence-electron chi connectivity index (χ4n) is 3.54. The van der Waals surface area contributed by atoms with E-state index >= 15 is 0 Å². The summed E-state index contributed by atoms with van der Waals surface area (Å²) in [6, 6.07) is 2.66. The summed E-state index contributed by atoms with van der Waals surface area (Å²) in [4.78, 5) is 19.4. The second kappa shape index (κ2) is 5.49. The predicted molar refractivity (Wildman–Crippen MR) is 83.5 cm³/mol. The van der Waals surface area contributed by atoms with Crippen LogP contribution in [0.25, 0.3) is 0 Å². The fourth-order valence-corrected chi connectivity index (χ4v) is 4.76. The number of likely N-dealkylation sites (N-methyl/N-ethyl adjacent to an activating group) is 1. The largest absolute Gasteiger partial charge is 0.336 e. The molecule has 0 N–H and O–H groups in total. The van der Waals surface area contributed by atoms with E-state index in [1.54, 1.807) is 11.3 Å². The number of likely N-dealkylation sites (tertiary alicyclic amines) is 1. The number of amides is 1. The van der Waals surface area contributed by atoms with E-state index in [1.165, 1.54) is 29.7 Å². The Bertz CT molecular complexity index is 485. The maximum Gasteiger partial charge on any atom is 0.264 e. The fraction of sp³-hybridized carbons (Fsp3) is 0.688. The molecule has 2 aliphatic rings. The lowest BCUT2D eigenvalue weighted by Gasteiger charge is -2.22. The van der Waals surface area contributed by atoms with Crippen LogP contribution in [0.2, 0.25) is 0 Å². The minimum atomic E-state index is 0.251. The summed E-state index contributed by atoms with van der Waals surface area (Å²) >= 11 is 1.74. The average molecular weight is 292 g/mol. The summed E-state index contributed by atoms with van der Waals surface area (Å²) in [6.45, 7) is 4.01. The second-order valence-corrected chi connectivity index (χ2v) is 7.62. The van der Waals surface area contributed by atoms with Crippen molar-refractivity contribution in [3.8, 4) is 0 Å². The van der Waals surface area contributed by atoms with Crippen LogP contribution < -0.4 is 0 Å². The summed E-state index contributed by atoms with van der Waals surface area (Å²) in [5.74, 6) is 0.809. The quantitative estimate of drug-likeness (QED) is 0.836. The molecule has 1 aliphatic heterocycles. The zero-order valence-corrected chi connectivity index (χ0v) is 13.5. The van der Waals surface area contributed by atoms with Gasteiger partial charge in [0.2, 0.25) is 0 Å². The van der Waals surface area contributed by atoms with E-state index in [0.717, 1.165) is 24.4 Å². The third-order valence-electron chi connectivity index (χ3n) is 4.73. The van der Waals surface area contributed by atoms with Crippen LogP contribution in [-0.2, 0) is 12.8 Å². The van der Waals surface area contributed by atoms with Gasteiger partial charge in [0, 0.05) is 24.0 Å². The molecule has 2 heterocycles. The van der Waals surface area contributed by atoms with Crippen molar-refractivity contribution in [1.82, 2.24) is 9.80 Å². The number of fused-ring (bicyclic) bond motifs is 1. The Hall–Kier alpha value is -0.870. The van der Waals surface area contributed by atoms with Gasteiger partial charge in [-0.3, -0.25) is 4.79 Å². The van der Waals surface area contributed by atoms with E-state index in [2.05, 4.69) is 32.0 Å². The van der Waals surface area contributed by atoms with Crippen LogP contribution in [0.3, 0.4) is 0 Å². The van der Waals surface area contributed by atoms with Crippen molar-refractivity contribution in [1.29, 1.82) is 0 Å². The summed E-state index contributed by atoms with van der Waals surface area (Å²) in [6.07, 6.45) is 4.89. The van der Waals surface area contributed by atoms with Crippen molar-refractivity contribution in [3.05, 3.63) is 21.4 Å². The molecule has 0 saturated carbocycles. The molecule has 2 atom stereocenters. The van der Waals surface area contributed by atoms with Crippen molar-refractivity contribution in [3.63, 3.8) is 0 Å². The number of nitrogens with zero attached hydrogens (tertiary/aromatic N) is 2. The molecule has 1 saturated heterocycles. The van der Waals surface area contributed by atoms with Crippen molar-refractivity contribution in [2.24, 2.45) is 5.92 Å². The lowest BCUT2D eigenvalue weighted by atomic mass is 9.99.